The van der Waals surface area contributed by atoms with E-state index in [4.69, 9.17) is 0 Å². The zero-order valence-electron chi connectivity index (χ0n) is 7.86. The molecule has 0 aliphatic heterocycles. The van der Waals surface area contributed by atoms with Gasteiger partial charge in [-0.2, -0.15) is 4.57 Å². The van der Waals surface area contributed by atoms with Crippen molar-refractivity contribution in [2.24, 2.45) is 7.05 Å². The maximum Gasteiger partial charge on any atom is 0.427 e. The molecule has 74 valence electrons. The van der Waals surface area contributed by atoms with Crippen molar-refractivity contribution in [3.8, 4) is 0 Å². The molecule has 0 unspecified atom stereocenters. The minimum atomic E-state index is -0.166. The molecule has 1 rings (SSSR count). The van der Waals surface area contributed by atoms with Gasteiger partial charge in [-0.15, -0.1) is 0 Å². The topological polar surface area (TPSA) is 41.2 Å². The van der Waals surface area contributed by atoms with Gasteiger partial charge >= 0.3 is 6.03 Å². The van der Waals surface area contributed by atoms with Crippen LogP contribution in [0.2, 0.25) is 0 Å². The number of nitrogens with one attached hydrogen (secondary N) is 1. The molecule has 0 saturated carbocycles. The lowest BCUT2D eigenvalue weighted by Gasteiger charge is -2.07. The molecule has 5 nitrogen and oxygen atoms in total. The number of aromatic nitrogens is 2. The third-order valence-corrected chi connectivity index (χ3v) is 1.32. The van der Waals surface area contributed by atoms with Gasteiger partial charge in [0.2, 0.25) is 0 Å². The average molecular weight is 296 g/mol. The number of hydrazine groups is 1. The van der Waals surface area contributed by atoms with E-state index in [1.54, 1.807) is 42.4 Å². The molecular formula is C7H13IN4O. The lowest BCUT2D eigenvalue weighted by molar-refractivity contribution is -0.670. The van der Waals surface area contributed by atoms with E-state index in [1.165, 1.54) is 4.57 Å². The van der Waals surface area contributed by atoms with Crippen LogP contribution in [0.15, 0.2) is 18.7 Å². The van der Waals surface area contributed by atoms with Crippen molar-refractivity contribution in [1.29, 1.82) is 0 Å². The van der Waals surface area contributed by atoms with Gasteiger partial charge in [0, 0.05) is 14.1 Å². The molecule has 1 aromatic heterocycles. The molecule has 1 aromatic rings. The van der Waals surface area contributed by atoms with E-state index >= 15 is 0 Å². The summed E-state index contributed by atoms with van der Waals surface area (Å²) in [5.41, 5.74) is 2.62. The van der Waals surface area contributed by atoms with Gasteiger partial charge in [-0.3, -0.25) is 5.43 Å². The smallest absolute Gasteiger partial charge is 0.427 e. The maximum absolute atomic E-state index is 11.3. The quantitative estimate of drug-likeness (QED) is 0.330. The molecule has 0 bridgehead atoms. The highest BCUT2D eigenvalue weighted by atomic mass is 127. The van der Waals surface area contributed by atoms with Crippen LogP contribution in [-0.2, 0) is 7.05 Å². The number of carbonyl (C=O) groups excluding carboxylic acids is 1. The van der Waals surface area contributed by atoms with Crippen LogP contribution in [-0.4, -0.2) is 29.7 Å². The van der Waals surface area contributed by atoms with Crippen molar-refractivity contribution < 1.29 is 33.3 Å². The van der Waals surface area contributed by atoms with Gasteiger partial charge < -0.3 is 24.0 Å². The summed E-state index contributed by atoms with van der Waals surface area (Å²) in [5, 5.41) is 1.60. The Morgan fingerprint density at radius 1 is 1.54 bits per heavy atom. The van der Waals surface area contributed by atoms with Crippen LogP contribution in [0.25, 0.3) is 0 Å². The van der Waals surface area contributed by atoms with Crippen molar-refractivity contribution in [1.82, 2.24) is 15.0 Å². The van der Waals surface area contributed by atoms with Gasteiger partial charge in [-0.05, 0) is 0 Å². The third-order valence-electron chi connectivity index (χ3n) is 1.32. The molecule has 0 fully saturated rings. The molecule has 0 saturated heterocycles. The zero-order valence-corrected chi connectivity index (χ0v) is 10.0. The van der Waals surface area contributed by atoms with Crippen LogP contribution in [0.1, 0.15) is 0 Å². The molecule has 0 aliphatic carbocycles. The number of imidazole rings is 1. The Bertz CT molecular complexity index is 284. The first-order valence-electron chi connectivity index (χ1n) is 3.61. The standard InChI is InChI=1S/C7H12N4O.HI/c1-9(2)8-7(12)11-5-4-10(3)6-11;/h4-6H,1-3H3;1H. The number of carbonyl (C=O) groups is 1. The second-order valence-electron chi connectivity index (χ2n) is 2.80. The predicted molar refractivity (Wildman–Crippen MR) is 43.2 cm³/mol. The van der Waals surface area contributed by atoms with Gasteiger partial charge in [0.05, 0.1) is 7.05 Å². The molecule has 0 radical (unpaired) electrons. The zero-order chi connectivity index (χ0) is 9.14. The summed E-state index contributed by atoms with van der Waals surface area (Å²) in [5.74, 6) is 0. The predicted octanol–water partition coefficient (Wildman–Crippen LogP) is -3.65. The molecule has 0 aromatic carbocycles. The summed E-state index contributed by atoms with van der Waals surface area (Å²) in [6.07, 6.45) is 5.19. The van der Waals surface area contributed by atoms with Crippen LogP contribution in [0.5, 0.6) is 0 Å². The van der Waals surface area contributed by atoms with Gasteiger partial charge in [-0.1, -0.05) is 0 Å². The molecule has 1 heterocycles. The van der Waals surface area contributed by atoms with Gasteiger partial charge in [-0.25, -0.2) is 14.4 Å². The molecule has 0 atom stereocenters. The van der Waals surface area contributed by atoms with Crippen molar-refractivity contribution >= 4 is 6.03 Å². The second kappa shape index (κ2) is 5.18. The van der Waals surface area contributed by atoms with Crippen molar-refractivity contribution in [3.63, 3.8) is 0 Å². The van der Waals surface area contributed by atoms with Crippen molar-refractivity contribution in [2.75, 3.05) is 14.1 Å². The van der Waals surface area contributed by atoms with Crippen molar-refractivity contribution in [3.05, 3.63) is 18.7 Å². The third kappa shape index (κ3) is 3.73. The van der Waals surface area contributed by atoms with Crippen LogP contribution < -0.4 is 34.0 Å². The number of halogens is 1. The lowest BCUT2D eigenvalue weighted by Crippen LogP contribution is -3.00. The van der Waals surface area contributed by atoms with Crippen LogP contribution in [0.4, 0.5) is 4.79 Å². The van der Waals surface area contributed by atoms with Gasteiger partial charge in [0.1, 0.15) is 12.4 Å². The normalized spacial score (nSPS) is 9.54. The van der Waals surface area contributed by atoms with E-state index in [0.717, 1.165) is 0 Å². The fraction of sp³-hybridized carbons (Fsp3) is 0.429. The summed E-state index contributed by atoms with van der Waals surface area (Å²) >= 11 is 0. The Balaban J connectivity index is 0.00000144. The van der Waals surface area contributed by atoms with Crippen LogP contribution >= 0.6 is 0 Å². The number of aryl methyl sites for hydroxylation is 1. The lowest BCUT2D eigenvalue weighted by atomic mass is 10.8. The molecule has 0 spiro atoms. The average Bonchev–Trinajstić information content (AvgIpc) is 2.34. The number of rotatable bonds is 1. The highest BCUT2D eigenvalue weighted by Crippen LogP contribution is 1.82. The summed E-state index contributed by atoms with van der Waals surface area (Å²) in [6.45, 7) is 0. The first kappa shape index (κ1) is 12.4. The largest absolute Gasteiger partial charge is 1.00 e. The molecule has 13 heavy (non-hydrogen) atoms. The fourth-order valence-electron chi connectivity index (χ4n) is 0.819. The van der Waals surface area contributed by atoms with Crippen LogP contribution in [0.3, 0.4) is 0 Å². The Morgan fingerprint density at radius 3 is 2.54 bits per heavy atom. The first-order chi connectivity index (χ1) is 5.59. The van der Waals surface area contributed by atoms with Gasteiger partial charge in [0.25, 0.3) is 6.33 Å². The summed E-state index contributed by atoms with van der Waals surface area (Å²) < 4.78 is 3.27. The highest BCUT2D eigenvalue weighted by molar-refractivity contribution is 5.75. The van der Waals surface area contributed by atoms with E-state index < -0.39 is 0 Å². The van der Waals surface area contributed by atoms with Gasteiger partial charge in [0.15, 0.2) is 0 Å². The Kier molecular flexibility index (Phi) is 4.92. The highest BCUT2D eigenvalue weighted by Gasteiger charge is 2.10. The summed E-state index contributed by atoms with van der Waals surface area (Å²) in [7, 11) is 5.39. The Labute approximate surface area is 94.3 Å². The number of nitrogens with zero attached hydrogens (tertiary/aromatic N) is 3. The van der Waals surface area contributed by atoms with E-state index in [9.17, 15) is 4.79 Å². The summed E-state index contributed by atoms with van der Waals surface area (Å²) in [4.78, 5) is 11.3. The minimum Gasteiger partial charge on any atom is -1.00 e. The number of amides is 1. The van der Waals surface area contributed by atoms with Crippen molar-refractivity contribution in [2.45, 2.75) is 0 Å². The molecule has 1 N–H and O–H groups in total. The molecular weight excluding hydrogens is 283 g/mol. The number of hydrogen-bond donors (Lipinski definition) is 1. The molecule has 0 aliphatic rings. The minimum absolute atomic E-state index is 0. The van der Waals surface area contributed by atoms with E-state index in [-0.39, 0.29) is 30.0 Å². The summed E-state index contributed by atoms with van der Waals surface area (Å²) in [6, 6.07) is -0.166. The van der Waals surface area contributed by atoms with Crippen LogP contribution in [0, 0.1) is 0 Å². The fourth-order valence-corrected chi connectivity index (χ4v) is 0.819. The molecule has 1 amide bonds. The Hall–Kier alpha value is -0.630. The SMILES string of the molecule is CN(C)NC(=O)n1cc[n+](C)c1.[I-]. The monoisotopic (exact) mass is 296 g/mol. The maximum atomic E-state index is 11.3. The second-order valence-corrected chi connectivity index (χ2v) is 2.80. The Morgan fingerprint density at radius 2 is 2.15 bits per heavy atom. The molecule has 6 heteroatoms. The first-order valence-corrected chi connectivity index (χ1v) is 3.61. The van der Waals surface area contributed by atoms with E-state index in [2.05, 4.69) is 5.43 Å². The van der Waals surface area contributed by atoms with E-state index in [0.29, 0.717) is 0 Å². The number of hydrogen-bond acceptors (Lipinski definition) is 2. The van der Waals surface area contributed by atoms with E-state index in [1.807, 2.05) is 7.05 Å².